The maximum absolute atomic E-state index is 11.1. The van der Waals surface area contributed by atoms with Gasteiger partial charge in [-0.1, -0.05) is 0 Å². The lowest BCUT2D eigenvalue weighted by atomic mass is 9.73. The van der Waals surface area contributed by atoms with E-state index < -0.39 is 0 Å². The molecule has 0 saturated heterocycles. The summed E-state index contributed by atoms with van der Waals surface area (Å²) in [5, 5.41) is 0. The van der Waals surface area contributed by atoms with Gasteiger partial charge in [0.1, 0.15) is 0 Å². The third-order valence-electron chi connectivity index (χ3n) is 5.41. The largest absolute Gasteiger partial charge is 0.369 e. The van der Waals surface area contributed by atoms with Crippen molar-refractivity contribution in [1.29, 1.82) is 0 Å². The molecule has 7 aliphatic rings. The summed E-state index contributed by atoms with van der Waals surface area (Å²) in [5.74, 6) is 6.59. The average molecular weight is 147 g/mol. The smallest absolute Gasteiger partial charge is 0.224 e. The number of nitrogens with two attached hydrogens (primary N) is 1. The zero-order chi connectivity index (χ0) is 7.12. The van der Waals surface area contributed by atoms with E-state index in [4.69, 9.17) is 5.73 Å². The quantitative estimate of drug-likeness (QED) is 0.550. The molecule has 0 aromatic carbocycles. The summed E-state index contributed by atoms with van der Waals surface area (Å²) in [6.45, 7) is 0. The van der Waals surface area contributed by atoms with Crippen LogP contribution in [-0.2, 0) is 4.79 Å². The summed E-state index contributed by atoms with van der Waals surface area (Å²) in [7, 11) is 0. The van der Waals surface area contributed by atoms with Crippen LogP contribution in [-0.4, -0.2) is 5.91 Å². The Kier molecular flexibility index (Phi) is 0.319. The number of hydrogen-bond acceptors (Lipinski definition) is 1. The Balaban J connectivity index is 1.72. The van der Waals surface area contributed by atoms with Gasteiger partial charge in [-0.15, -0.1) is 0 Å². The highest BCUT2D eigenvalue weighted by Crippen LogP contribution is 3.05. The minimum Gasteiger partial charge on any atom is -0.369 e. The highest BCUT2D eigenvalue weighted by Gasteiger charge is 3.06. The second-order valence-electron chi connectivity index (χ2n) is 5.18. The molecular formula is C9H9NO. The maximum atomic E-state index is 11.1. The normalized spacial score (nSPS) is 88.2. The highest BCUT2D eigenvalue weighted by atomic mass is 16.1. The predicted molar refractivity (Wildman–Crippen MR) is 36.1 cm³/mol. The third-order valence-corrected chi connectivity index (χ3v) is 5.41. The van der Waals surface area contributed by atoms with Crippen LogP contribution < -0.4 is 5.73 Å². The Morgan fingerprint density at radius 3 is 1.91 bits per heavy atom. The monoisotopic (exact) mass is 147 g/mol. The van der Waals surface area contributed by atoms with Crippen molar-refractivity contribution < 1.29 is 4.79 Å². The number of amides is 1. The molecule has 0 aromatic heterocycles. The number of hydrogen-bond donors (Lipinski definition) is 1. The van der Waals surface area contributed by atoms with E-state index in [1.807, 2.05) is 0 Å². The van der Waals surface area contributed by atoms with Gasteiger partial charge in [-0.2, -0.15) is 0 Å². The summed E-state index contributed by atoms with van der Waals surface area (Å²) < 4.78 is 0. The van der Waals surface area contributed by atoms with E-state index in [2.05, 4.69) is 0 Å². The maximum Gasteiger partial charge on any atom is 0.224 e. The fourth-order valence-corrected chi connectivity index (χ4v) is 4.96. The average Bonchev–Trinajstić information content (AvgIpc) is 2.78. The van der Waals surface area contributed by atoms with Gasteiger partial charge in [-0.25, -0.2) is 0 Å². The molecule has 2 atom stereocenters. The molecular weight excluding hydrogens is 138 g/mol. The summed E-state index contributed by atoms with van der Waals surface area (Å²) in [6, 6.07) is 0. The molecule has 7 fully saturated rings. The van der Waals surface area contributed by atoms with Crippen molar-refractivity contribution in [3.8, 4) is 0 Å². The second-order valence-corrected chi connectivity index (χ2v) is 5.18. The second kappa shape index (κ2) is 0.782. The van der Waals surface area contributed by atoms with E-state index in [1.165, 1.54) is 0 Å². The topological polar surface area (TPSA) is 43.1 Å². The van der Waals surface area contributed by atoms with Crippen molar-refractivity contribution in [2.24, 2.45) is 52.6 Å². The van der Waals surface area contributed by atoms with E-state index in [1.54, 1.807) is 0 Å². The summed E-state index contributed by atoms with van der Waals surface area (Å²) in [5.41, 5.74) is 5.53. The number of primary amides is 1. The molecule has 2 nitrogen and oxygen atoms in total. The fraction of sp³-hybridized carbons (Fsp3) is 0.889. The van der Waals surface area contributed by atoms with E-state index in [9.17, 15) is 4.79 Å². The minimum atomic E-state index is 0.0336. The van der Waals surface area contributed by atoms with Crippen LogP contribution in [0, 0.1) is 46.8 Å². The Hall–Kier alpha value is -0.530. The van der Waals surface area contributed by atoms with E-state index in [-0.39, 0.29) is 11.3 Å². The summed E-state index contributed by atoms with van der Waals surface area (Å²) in [6.07, 6.45) is 0. The highest BCUT2D eigenvalue weighted by molar-refractivity contribution is 5.92. The standard InChI is InChI=1S/C9H9NO/c10-8(11)9-5-3-1-2(3)4(1)6(9)7(5)9/h1-7H,(H2,10,11). The lowest BCUT2D eigenvalue weighted by molar-refractivity contribution is -0.124. The minimum absolute atomic E-state index is 0.0336. The van der Waals surface area contributed by atoms with E-state index in [0.717, 1.165) is 41.4 Å². The van der Waals surface area contributed by atoms with Gasteiger partial charge in [0.25, 0.3) is 0 Å². The van der Waals surface area contributed by atoms with Crippen molar-refractivity contribution in [3.63, 3.8) is 0 Å². The molecule has 0 aromatic rings. The Morgan fingerprint density at radius 1 is 1.00 bits per heavy atom. The molecule has 56 valence electrons. The zero-order valence-electron chi connectivity index (χ0n) is 6.03. The Labute approximate surface area is 64.1 Å². The first kappa shape index (κ1) is 4.48. The summed E-state index contributed by atoms with van der Waals surface area (Å²) >= 11 is 0. The number of carbonyl (C=O) groups excluding carboxylic acids is 1. The molecule has 4 bridgehead atoms. The Morgan fingerprint density at radius 2 is 1.55 bits per heavy atom. The van der Waals surface area contributed by atoms with Crippen LogP contribution in [0.3, 0.4) is 0 Å². The van der Waals surface area contributed by atoms with Crippen molar-refractivity contribution in [1.82, 2.24) is 0 Å². The third kappa shape index (κ3) is 0.199. The number of rotatable bonds is 1. The molecule has 0 aliphatic heterocycles. The van der Waals surface area contributed by atoms with Crippen molar-refractivity contribution in [3.05, 3.63) is 0 Å². The van der Waals surface area contributed by atoms with Crippen molar-refractivity contribution >= 4 is 5.91 Å². The predicted octanol–water partition coefficient (Wildman–Crippen LogP) is -0.161. The van der Waals surface area contributed by atoms with Crippen LogP contribution in [0.2, 0.25) is 0 Å². The molecule has 2 heteroatoms. The molecule has 7 aliphatic carbocycles. The molecule has 1 amide bonds. The zero-order valence-corrected chi connectivity index (χ0v) is 6.03. The van der Waals surface area contributed by atoms with Crippen molar-refractivity contribution in [2.75, 3.05) is 0 Å². The molecule has 2 N–H and O–H groups in total. The number of carbonyl (C=O) groups is 1. The van der Waals surface area contributed by atoms with Gasteiger partial charge in [0.05, 0.1) is 5.41 Å². The van der Waals surface area contributed by atoms with Gasteiger partial charge in [0.15, 0.2) is 0 Å². The van der Waals surface area contributed by atoms with Gasteiger partial charge in [-0.05, 0) is 41.4 Å². The van der Waals surface area contributed by atoms with Crippen LogP contribution >= 0.6 is 0 Å². The Bertz CT molecular complexity index is 306. The van der Waals surface area contributed by atoms with Gasteiger partial charge in [0, 0.05) is 0 Å². The van der Waals surface area contributed by atoms with Gasteiger partial charge in [0.2, 0.25) is 5.91 Å². The van der Waals surface area contributed by atoms with Crippen LogP contribution in [0.4, 0.5) is 0 Å². The van der Waals surface area contributed by atoms with Gasteiger partial charge in [-0.3, -0.25) is 4.79 Å². The molecule has 2 unspecified atom stereocenters. The first-order valence-electron chi connectivity index (χ1n) is 4.61. The molecule has 11 heavy (non-hydrogen) atoms. The molecule has 0 radical (unpaired) electrons. The van der Waals surface area contributed by atoms with Crippen LogP contribution in [0.5, 0.6) is 0 Å². The fourth-order valence-electron chi connectivity index (χ4n) is 4.96. The molecule has 7 rings (SSSR count). The van der Waals surface area contributed by atoms with Crippen LogP contribution in [0.1, 0.15) is 0 Å². The first-order chi connectivity index (χ1) is 5.31. The first-order valence-corrected chi connectivity index (χ1v) is 4.61. The molecule has 0 heterocycles. The summed E-state index contributed by atoms with van der Waals surface area (Å²) in [4.78, 5) is 11.1. The van der Waals surface area contributed by atoms with Crippen molar-refractivity contribution in [2.45, 2.75) is 0 Å². The van der Waals surface area contributed by atoms with E-state index >= 15 is 0 Å². The lowest BCUT2D eigenvalue weighted by Crippen LogP contribution is -2.35. The van der Waals surface area contributed by atoms with Crippen LogP contribution in [0.15, 0.2) is 0 Å². The van der Waals surface area contributed by atoms with E-state index in [0.29, 0.717) is 0 Å². The SMILES string of the molecule is NC(=O)C12C3C4C5C4C5C1C32. The lowest BCUT2D eigenvalue weighted by Gasteiger charge is -2.30. The molecule has 0 spiro atoms. The van der Waals surface area contributed by atoms with Gasteiger partial charge >= 0.3 is 0 Å². The van der Waals surface area contributed by atoms with Crippen LogP contribution in [0.25, 0.3) is 0 Å². The van der Waals surface area contributed by atoms with Gasteiger partial charge < -0.3 is 5.73 Å². The molecule has 7 saturated carbocycles.